The Morgan fingerprint density at radius 2 is 1.83 bits per heavy atom. The van der Waals surface area contributed by atoms with Crippen LogP contribution in [0.2, 0.25) is 10.0 Å². The second-order valence-electron chi connectivity index (χ2n) is 6.67. The molecule has 0 aromatic heterocycles. The van der Waals surface area contributed by atoms with Crippen molar-refractivity contribution < 1.29 is 14.3 Å². The number of hydrogen-bond donors (Lipinski definition) is 1. The van der Waals surface area contributed by atoms with Gasteiger partial charge in [0.1, 0.15) is 11.8 Å². The standard InChI is InChI=1S/C22H25BrCl2N2O3/c1-4-14-9-10-20(16(23)11-14)30-13-21(28)27(19(5-2)22(29)26-3)12-15-17(24)7-6-8-18(15)25/h6-11,19H,4-5,12-13H2,1-3H3,(H,26,29)/t19-/m1/s1. The smallest absolute Gasteiger partial charge is 0.261 e. The lowest BCUT2D eigenvalue weighted by Crippen LogP contribution is -2.49. The number of carbonyl (C=O) groups excluding carboxylic acids is 2. The van der Waals surface area contributed by atoms with Gasteiger partial charge in [0.15, 0.2) is 6.61 Å². The van der Waals surface area contributed by atoms with E-state index in [2.05, 4.69) is 28.2 Å². The summed E-state index contributed by atoms with van der Waals surface area (Å²) in [5.74, 6) is -0.0420. The van der Waals surface area contributed by atoms with Crippen molar-refractivity contribution in [2.24, 2.45) is 0 Å². The summed E-state index contributed by atoms with van der Waals surface area (Å²) < 4.78 is 6.52. The number of aryl methyl sites for hydroxylation is 1. The first kappa shape index (κ1) is 24.5. The molecule has 2 amide bonds. The molecule has 1 atom stereocenters. The van der Waals surface area contributed by atoms with Gasteiger partial charge in [-0.15, -0.1) is 0 Å². The predicted octanol–water partition coefficient (Wildman–Crippen LogP) is 5.25. The third kappa shape index (κ3) is 6.13. The van der Waals surface area contributed by atoms with Crippen LogP contribution >= 0.6 is 39.1 Å². The summed E-state index contributed by atoms with van der Waals surface area (Å²) in [5.41, 5.74) is 1.74. The normalized spacial score (nSPS) is 11.7. The molecule has 0 spiro atoms. The van der Waals surface area contributed by atoms with Crippen LogP contribution in [-0.4, -0.2) is 36.4 Å². The van der Waals surface area contributed by atoms with Crippen molar-refractivity contribution >= 4 is 50.9 Å². The maximum atomic E-state index is 13.1. The van der Waals surface area contributed by atoms with Gasteiger partial charge < -0.3 is 15.0 Å². The highest BCUT2D eigenvalue weighted by molar-refractivity contribution is 9.10. The van der Waals surface area contributed by atoms with Gasteiger partial charge in [0.05, 0.1) is 4.47 Å². The summed E-state index contributed by atoms with van der Waals surface area (Å²) in [6, 6.07) is 10.2. The molecule has 0 bridgehead atoms. The van der Waals surface area contributed by atoms with Gasteiger partial charge in [-0.3, -0.25) is 9.59 Å². The number of nitrogens with zero attached hydrogens (tertiary/aromatic N) is 1. The van der Waals surface area contributed by atoms with Crippen LogP contribution in [0.4, 0.5) is 0 Å². The van der Waals surface area contributed by atoms with Gasteiger partial charge in [-0.1, -0.05) is 49.2 Å². The third-order valence-electron chi connectivity index (χ3n) is 4.78. The minimum Gasteiger partial charge on any atom is -0.483 e. The first-order chi connectivity index (χ1) is 14.3. The lowest BCUT2D eigenvalue weighted by Gasteiger charge is -2.30. The van der Waals surface area contributed by atoms with Gasteiger partial charge in [0.2, 0.25) is 5.91 Å². The number of amides is 2. The fraction of sp³-hybridized carbons (Fsp3) is 0.364. The summed E-state index contributed by atoms with van der Waals surface area (Å²) in [6.07, 6.45) is 1.33. The fourth-order valence-electron chi connectivity index (χ4n) is 3.04. The third-order valence-corrected chi connectivity index (χ3v) is 6.11. The molecule has 0 radical (unpaired) electrons. The number of carbonyl (C=O) groups is 2. The van der Waals surface area contributed by atoms with E-state index in [9.17, 15) is 9.59 Å². The highest BCUT2D eigenvalue weighted by Crippen LogP contribution is 2.28. The maximum Gasteiger partial charge on any atom is 0.261 e. The Bertz CT molecular complexity index is 888. The number of ether oxygens (including phenoxy) is 1. The molecule has 162 valence electrons. The molecule has 0 fully saturated rings. The Labute approximate surface area is 195 Å². The largest absolute Gasteiger partial charge is 0.483 e. The number of nitrogens with one attached hydrogen (secondary N) is 1. The fourth-order valence-corrected chi connectivity index (χ4v) is 4.10. The molecule has 2 aromatic carbocycles. The van der Waals surface area contributed by atoms with Crippen LogP contribution < -0.4 is 10.1 Å². The first-order valence-corrected chi connectivity index (χ1v) is 11.2. The maximum absolute atomic E-state index is 13.1. The van der Waals surface area contributed by atoms with E-state index in [0.717, 1.165) is 16.5 Å². The molecule has 1 N–H and O–H groups in total. The molecule has 30 heavy (non-hydrogen) atoms. The van der Waals surface area contributed by atoms with Crippen LogP contribution in [0.15, 0.2) is 40.9 Å². The average molecular weight is 516 g/mol. The minimum atomic E-state index is -0.677. The summed E-state index contributed by atoms with van der Waals surface area (Å²) >= 11 is 16.1. The zero-order valence-electron chi connectivity index (χ0n) is 17.2. The minimum absolute atomic E-state index is 0.0998. The molecule has 0 aliphatic rings. The van der Waals surface area contributed by atoms with Crippen molar-refractivity contribution in [2.75, 3.05) is 13.7 Å². The highest BCUT2D eigenvalue weighted by Gasteiger charge is 2.29. The molecular formula is C22H25BrCl2N2O3. The summed E-state index contributed by atoms with van der Waals surface area (Å²) in [4.78, 5) is 27.0. The van der Waals surface area contributed by atoms with E-state index in [4.69, 9.17) is 27.9 Å². The van der Waals surface area contributed by atoms with Crippen molar-refractivity contribution in [2.45, 2.75) is 39.3 Å². The van der Waals surface area contributed by atoms with Crippen molar-refractivity contribution in [1.29, 1.82) is 0 Å². The molecule has 2 aromatic rings. The van der Waals surface area contributed by atoms with E-state index in [1.807, 2.05) is 25.1 Å². The van der Waals surface area contributed by atoms with E-state index in [1.54, 1.807) is 25.2 Å². The van der Waals surface area contributed by atoms with Gasteiger partial charge in [-0.25, -0.2) is 0 Å². The number of rotatable bonds is 9. The van der Waals surface area contributed by atoms with Crippen molar-refractivity contribution in [3.63, 3.8) is 0 Å². The highest BCUT2D eigenvalue weighted by atomic mass is 79.9. The quantitative estimate of drug-likeness (QED) is 0.496. The zero-order valence-corrected chi connectivity index (χ0v) is 20.3. The Morgan fingerprint density at radius 3 is 2.37 bits per heavy atom. The monoisotopic (exact) mass is 514 g/mol. The van der Waals surface area contributed by atoms with Crippen molar-refractivity contribution in [1.82, 2.24) is 10.2 Å². The van der Waals surface area contributed by atoms with E-state index in [-0.39, 0.29) is 25.0 Å². The summed E-state index contributed by atoms with van der Waals surface area (Å²) in [7, 11) is 1.54. The van der Waals surface area contributed by atoms with E-state index >= 15 is 0 Å². The molecule has 0 heterocycles. The van der Waals surface area contributed by atoms with Crippen LogP contribution in [0.3, 0.4) is 0 Å². The molecule has 0 saturated heterocycles. The number of likely N-dealkylation sites (N-methyl/N-ethyl adjacent to an activating group) is 1. The first-order valence-electron chi connectivity index (χ1n) is 9.67. The molecule has 0 aliphatic heterocycles. The molecular weight excluding hydrogens is 491 g/mol. The zero-order chi connectivity index (χ0) is 22.3. The van der Waals surface area contributed by atoms with Gasteiger partial charge in [-0.05, 0) is 58.6 Å². The average Bonchev–Trinajstić information content (AvgIpc) is 2.74. The molecule has 0 aliphatic carbocycles. The molecule has 8 heteroatoms. The lowest BCUT2D eigenvalue weighted by atomic mass is 10.1. The predicted molar refractivity (Wildman–Crippen MR) is 124 cm³/mol. The van der Waals surface area contributed by atoms with E-state index < -0.39 is 6.04 Å². The SMILES string of the molecule is CCc1ccc(OCC(=O)N(Cc2c(Cl)cccc2Cl)[C@H](CC)C(=O)NC)c(Br)c1. The summed E-state index contributed by atoms with van der Waals surface area (Å²) in [6.45, 7) is 3.78. The van der Waals surface area contributed by atoms with Gasteiger partial charge in [0.25, 0.3) is 5.91 Å². The van der Waals surface area contributed by atoms with Crippen molar-refractivity contribution in [3.05, 3.63) is 62.0 Å². The van der Waals surface area contributed by atoms with Crippen LogP contribution in [0.5, 0.6) is 5.75 Å². The molecule has 0 saturated carbocycles. The van der Waals surface area contributed by atoms with Gasteiger partial charge in [-0.2, -0.15) is 0 Å². The topological polar surface area (TPSA) is 58.6 Å². The summed E-state index contributed by atoms with van der Waals surface area (Å²) in [5, 5.41) is 3.49. The van der Waals surface area contributed by atoms with E-state index in [1.165, 1.54) is 4.90 Å². The number of halogens is 3. The van der Waals surface area contributed by atoms with Crippen LogP contribution in [0, 0.1) is 0 Å². The molecule has 2 rings (SSSR count). The van der Waals surface area contributed by atoms with Crippen LogP contribution in [0.1, 0.15) is 31.4 Å². The lowest BCUT2D eigenvalue weighted by molar-refractivity contribution is -0.142. The Hall–Kier alpha value is -1.76. The number of hydrogen-bond acceptors (Lipinski definition) is 3. The van der Waals surface area contributed by atoms with Crippen LogP contribution in [-0.2, 0) is 22.6 Å². The Kier molecular flexibility index (Phi) is 9.46. The number of benzene rings is 2. The van der Waals surface area contributed by atoms with E-state index in [0.29, 0.717) is 27.8 Å². The second kappa shape index (κ2) is 11.6. The molecule has 0 unspecified atom stereocenters. The van der Waals surface area contributed by atoms with Gasteiger partial charge in [0, 0.05) is 29.2 Å². The van der Waals surface area contributed by atoms with Crippen LogP contribution in [0.25, 0.3) is 0 Å². The molecule has 5 nitrogen and oxygen atoms in total. The van der Waals surface area contributed by atoms with Crippen molar-refractivity contribution in [3.8, 4) is 5.75 Å². The Morgan fingerprint density at radius 1 is 1.17 bits per heavy atom. The second-order valence-corrected chi connectivity index (χ2v) is 8.34. The Balaban J connectivity index is 2.26. The van der Waals surface area contributed by atoms with Gasteiger partial charge >= 0.3 is 0 Å².